The van der Waals surface area contributed by atoms with Gasteiger partial charge in [-0.3, -0.25) is 33.3 Å². The SMILES string of the molecule is CC[C@H]1O[C@@H](n2cc(C)c(=O)[nH]c2=O)CC1O[PH](=O)OC[C@H]1O[C@@H](n2cc(C)c(=O)[nH]c2=O)CC1OC(c1ccccc1)(c1ccc(OC)cc1)c1ccc(OC)cc1. The highest BCUT2D eigenvalue weighted by Crippen LogP contribution is 2.46. The molecule has 2 N–H and O–H groups in total. The third-order valence-corrected chi connectivity index (χ3v) is 11.7. The second-order valence-electron chi connectivity index (χ2n) is 14.5. The Hall–Kier alpha value is -5.35. The molecule has 5 aromatic rings. The van der Waals surface area contributed by atoms with Gasteiger partial charge in [-0.2, -0.15) is 0 Å². The van der Waals surface area contributed by atoms with E-state index < -0.39 is 73.2 Å². The number of hydrogen-bond donors (Lipinski definition) is 2. The van der Waals surface area contributed by atoms with Crippen LogP contribution in [-0.4, -0.2) is 64.3 Å². The average Bonchev–Trinajstić information content (AvgIpc) is 3.85. The molecule has 2 aromatic heterocycles. The summed E-state index contributed by atoms with van der Waals surface area (Å²) < 4.78 is 59.1. The first-order valence-electron chi connectivity index (χ1n) is 19.2. The van der Waals surface area contributed by atoms with E-state index in [9.17, 15) is 23.7 Å². The van der Waals surface area contributed by atoms with Crippen molar-refractivity contribution in [2.45, 2.75) is 82.5 Å². The molecule has 0 aliphatic carbocycles. The summed E-state index contributed by atoms with van der Waals surface area (Å²) >= 11 is 0. The van der Waals surface area contributed by atoms with Gasteiger partial charge in [0.1, 0.15) is 35.7 Å². The number of nitrogens with zero attached hydrogens (tertiary/aromatic N) is 2. The number of benzene rings is 3. The lowest BCUT2D eigenvalue weighted by atomic mass is 9.79. The Kier molecular flexibility index (Phi) is 12.7. The van der Waals surface area contributed by atoms with E-state index >= 15 is 0 Å². The van der Waals surface area contributed by atoms with Gasteiger partial charge < -0.3 is 32.7 Å². The molecule has 7 atom stereocenters. The molecule has 3 aromatic carbocycles. The molecule has 16 nitrogen and oxygen atoms in total. The van der Waals surface area contributed by atoms with Crippen molar-refractivity contribution in [1.29, 1.82) is 0 Å². The van der Waals surface area contributed by atoms with Crippen molar-refractivity contribution in [2.75, 3.05) is 20.8 Å². The Morgan fingerprint density at radius 1 is 0.695 bits per heavy atom. The summed E-state index contributed by atoms with van der Waals surface area (Å²) in [5, 5.41) is 0. The molecule has 0 spiro atoms. The third-order valence-electron chi connectivity index (χ3n) is 10.8. The van der Waals surface area contributed by atoms with Crippen molar-refractivity contribution in [3.63, 3.8) is 0 Å². The minimum Gasteiger partial charge on any atom is -0.497 e. The monoisotopic (exact) mass is 830 g/mol. The Balaban J connectivity index is 1.22. The number of aryl methyl sites for hydroxylation is 2. The molecule has 2 aliphatic heterocycles. The molecular formula is C42H47N4O12P. The van der Waals surface area contributed by atoms with E-state index in [4.69, 9.17) is 32.7 Å². The maximum Gasteiger partial charge on any atom is 0.330 e. The number of hydrogen-bond acceptors (Lipinski definition) is 12. The molecule has 0 radical (unpaired) electrons. The molecule has 3 unspecified atom stereocenters. The summed E-state index contributed by atoms with van der Waals surface area (Å²) in [7, 11) is -0.0474. The highest BCUT2D eigenvalue weighted by atomic mass is 31.1. The normalized spacial score (nSPS) is 22.3. The van der Waals surface area contributed by atoms with Gasteiger partial charge in [-0.05, 0) is 61.2 Å². The summed E-state index contributed by atoms with van der Waals surface area (Å²) in [4.78, 5) is 54.8. The number of nitrogens with one attached hydrogen (secondary N) is 2. The van der Waals surface area contributed by atoms with E-state index in [1.807, 2.05) is 85.8 Å². The van der Waals surface area contributed by atoms with Crippen LogP contribution < -0.4 is 32.0 Å². The molecular weight excluding hydrogens is 783 g/mol. The Morgan fingerprint density at radius 2 is 1.17 bits per heavy atom. The summed E-state index contributed by atoms with van der Waals surface area (Å²) in [5.41, 5.74) is -0.644. The van der Waals surface area contributed by atoms with Crippen LogP contribution >= 0.6 is 8.25 Å². The van der Waals surface area contributed by atoms with E-state index in [0.29, 0.717) is 29.0 Å². The summed E-state index contributed by atoms with van der Waals surface area (Å²) in [6.45, 7) is 4.78. The zero-order chi connectivity index (χ0) is 41.8. The van der Waals surface area contributed by atoms with E-state index in [1.165, 1.54) is 21.5 Å². The van der Waals surface area contributed by atoms with Crippen LogP contribution in [0.1, 0.15) is 66.5 Å². The Bertz CT molecular complexity index is 2450. The zero-order valence-corrected chi connectivity index (χ0v) is 34.2. The molecule has 312 valence electrons. The van der Waals surface area contributed by atoms with Crippen LogP contribution in [0.15, 0.2) is 110 Å². The van der Waals surface area contributed by atoms with Crippen LogP contribution in [0.5, 0.6) is 11.5 Å². The zero-order valence-electron chi connectivity index (χ0n) is 33.2. The number of aromatic amines is 2. The predicted molar refractivity (Wildman–Crippen MR) is 216 cm³/mol. The maximum atomic E-state index is 13.6. The van der Waals surface area contributed by atoms with Crippen LogP contribution in [0.25, 0.3) is 0 Å². The van der Waals surface area contributed by atoms with E-state index in [2.05, 4.69) is 9.97 Å². The predicted octanol–water partition coefficient (Wildman–Crippen LogP) is 4.87. The lowest BCUT2D eigenvalue weighted by Gasteiger charge is -2.39. The maximum absolute atomic E-state index is 13.6. The standard InChI is InChI=1S/C42H47N4O12P/c1-6-32-34(21-37(55-32)46-23-26(3)39(48)44-41(46)50)58-59(51)54-24-35-33(20-36(56-35)45-22-25(2)38(47)43-40(45)49)57-42(27-10-8-7-9-11-27,28-12-16-30(52-4)17-13-28)29-14-18-31(53-5)19-15-29/h7-19,22-23,32-37,59H,6,20-21,24H2,1-5H3,(H,43,47,49)(H,44,48,50)/t32-,33?,34?,35-,36-,37-/m1/s1. The minimum absolute atomic E-state index is 0.130. The van der Waals surface area contributed by atoms with Crippen LogP contribution in [0.4, 0.5) is 0 Å². The molecule has 0 saturated carbocycles. The van der Waals surface area contributed by atoms with Crippen molar-refractivity contribution in [1.82, 2.24) is 19.1 Å². The summed E-state index contributed by atoms with van der Waals surface area (Å²) in [6.07, 6.45) is -0.946. The van der Waals surface area contributed by atoms with Gasteiger partial charge in [-0.15, -0.1) is 0 Å². The van der Waals surface area contributed by atoms with Gasteiger partial charge >= 0.3 is 19.6 Å². The van der Waals surface area contributed by atoms with E-state index in [-0.39, 0.29) is 19.4 Å². The van der Waals surface area contributed by atoms with Gasteiger partial charge in [-0.25, -0.2) is 9.59 Å². The first-order chi connectivity index (χ1) is 28.4. The Labute approximate surface area is 339 Å². The minimum atomic E-state index is -3.22. The van der Waals surface area contributed by atoms with Crippen molar-refractivity contribution in [3.8, 4) is 11.5 Å². The number of rotatable bonds is 15. The van der Waals surface area contributed by atoms with Gasteiger partial charge in [0.15, 0.2) is 0 Å². The molecule has 2 aliphatic rings. The first-order valence-corrected chi connectivity index (χ1v) is 20.5. The van der Waals surface area contributed by atoms with Gasteiger partial charge in [-0.1, -0.05) is 61.5 Å². The summed E-state index contributed by atoms with van der Waals surface area (Å²) in [6, 6.07) is 24.7. The fourth-order valence-electron chi connectivity index (χ4n) is 7.67. The van der Waals surface area contributed by atoms with Crippen molar-refractivity contribution >= 4 is 8.25 Å². The largest absolute Gasteiger partial charge is 0.497 e. The smallest absolute Gasteiger partial charge is 0.330 e. The van der Waals surface area contributed by atoms with Crippen LogP contribution in [0.3, 0.4) is 0 Å². The molecule has 0 bridgehead atoms. The van der Waals surface area contributed by atoms with E-state index in [1.54, 1.807) is 28.1 Å². The molecule has 17 heteroatoms. The highest BCUT2D eigenvalue weighted by Gasteiger charge is 2.47. The number of methoxy groups -OCH3 is 2. The van der Waals surface area contributed by atoms with Crippen LogP contribution in [0.2, 0.25) is 0 Å². The quantitative estimate of drug-likeness (QED) is 0.108. The second-order valence-corrected chi connectivity index (χ2v) is 15.5. The molecule has 4 heterocycles. The Morgan fingerprint density at radius 3 is 1.66 bits per heavy atom. The average molecular weight is 831 g/mol. The van der Waals surface area contributed by atoms with Crippen LogP contribution in [-0.2, 0) is 33.4 Å². The topological polar surface area (TPSA) is 191 Å². The van der Waals surface area contributed by atoms with E-state index in [0.717, 1.165) is 16.7 Å². The first kappa shape index (κ1) is 41.8. The van der Waals surface area contributed by atoms with Crippen molar-refractivity contribution in [3.05, 3.63) is 161 Å². The number of aromatic nitrogens is 4. The van der Waals surface area contributed by atoms with Crippen molar-refractivity contribution in [2.24, 2.45) is 0 Å². The highest BCUT2D eigenvalue weighted by molar-refractivity contribution is 7.33. The van der Waals surface area contributed by atoms with Crippen LogP contribution in [0, 0.1) is 13.8 Å². The lowest BCUT2D eigenvalue weighted by molar-refractivity contribution is -0.0974. The fourth-order valence-corrected chi connectivity index (χ4v) is 8.53. The lowest BCUT2D eigenvalue weighted by Crippen LogP contribution is -2.41. The molecule has 59 heavy (non-hydrogen) atoms. The van der Waals surface area contributed by atoms with Gasteiger partial charge in [0, 0.05) is 36.4 Å². The number of ether oxygens (including phenoxy) is 5. The van der Waals surface area contributed by atoms with Gasteiger partial charge in [0.2, 0.25) is 0 Å². The fraction of sp³-hybridized carbons (Fsp3) is 0.381. The molecule has 0 amide bonds. The second kappa shape index (κ2) is 17.9. The molecule has 7 rings (SSSR count). The molecule has 2 fully saturated rings. The van der Waals surface area contributed by atoms with Gasteiger partial charge in [0.25, 0.3) is 11.1 Å². The third kappa shape index (κ3) is 8.69. The van der Waals surface area contributed by atoms with Crippen molar-refractivity contribution < 1.29 is 37.3 Å². The van der Waals surface area contributed by atoms with Gasteiger partial charge in [0.05, 0.1) is 39.1 Å². The number of H-pyrrole nitrogens is 2. The summed E-state index contributed by atoms with van der Waals surface area (Å²) in [5.74, 6) is 1.29. The molecule has 2 saturated heterocycles.